The van der Waals surface area contributed by atoms with E-state index in [4.69, 9.17) is 0 Å². The van der Waals surface area contributed by atoms with Crippen LogP contribution < -0.4 is 0 Å². The number of ketones is 1. The molecule has 1 heterocycles. The molecule has 5 heteroatoms. The van der Waals surface area contributed by atoms with Crippen molar-refractivity contribution in [3.63, 3.8) is 0 Å². The third-order valence-electron chi connectivity index (χ3n) is 5.11. The fourth-order valence-electron chi connectivity index (χ4n) is 3.42. The molecule has 0 radical (unpaired) electrons. The molecule has 124 valence electrons. The van der Waals surface area contributed by atoms with E-state index in [1.807, 2.05) is 6.07 Å². The summed E-state index contributed by atoms with van der Waals surface area (Å²) < 4.78 is 0.624. The lowest BCUT2D eigenvalue weighted by molar-refractivity contribution is -0.938. The van der Waals surface area contributed by atoms with Gasteiger partial charge in [0.2, 0.25) is 5.78 Å². The van der Waals surface area contributed by atoms with E-state index in [1.54, 1.807) is 12.1 Å². The van der Waals surface area contributed by atoms with E-state index in [0.29, 0.717) is 22.6 Å². The van der Waals surface area contributed by atoms with Gasteiger partial charge in [-0.05, 0) is 12.5 Å². The minimum Gasteiger partial charge on any atom is -0.313 e. The molecule has 2 aromatic carbocycles. The van der Waals surface area contributed by atoms with Crippen LogP contribution in [0.3, 0.4) is 0 Å². The highest BCUT2D eigenvalue weighted by Crippen LogP contribution is 2.29. The Morgan fingerprint density at radius 1 is 1.21 bits per heavy atom. The van der Waals surface area contributed by atoms with Gasteiger partial charge < -0.3 is 4.48 Å². The van der Waals surface area contributed by atoms with Crippen molar-refractivity contribution < 1.29 is 14.2 Å². The van der Waals surface area contributed by atoms with Crippen molar-refractivity contribution in [2.24, 2.45) is 0 Å². The Hall–Kier alpha value is -2.53. The van der Waals surface area contributed by atoms with Crippen LogP contribution in [0.15, 0.2) is 48.5 Å². The van der Waals surface area contributed by atoms with Gasteiger partial charge in [0.15, 0.2) is 0 Å². The summed E-state index contributed by atoms with van der Waals surface area (Å²) in [5, 5.41) is 10.9. The van der Waals surface area contributed by atoms with Gasteiger partial charge in [-0.3, -0.25) is 14.9 Å². The van der Waals surface area contributed by atoms with E-state index in [1.165, 1.54) is 23.3 Å². The second-order valence-electron chi connectivity index (χ2n) is 6.85. The van der Waals surface area contributed by atoms with Gasteiger partial charge in [-0.1, -0.05) is 36.4 Å². The molecular formula is C19H21N2O3+. The van der Waals surface area contributed by atoms with Gasteiger partial charge in [0, 0.05) is 29.7 Å². The fraction of sp³-hybridized carbons (Fsp3) is 0.316. The Kier molecular flexibility index (Phi) is 4.20. The lowest BCUT2D eigenvalue weighted by atomic mass is 9.92. The Bertz CT molecular complexity index is 803. The maximum absolute atomic E-state index is 12.7. The Morgan fingerprint density at radius 2 is 1.92 bits per heavy atom. The summed E-state index contributed by atoms with van der Waals surface area (Å²) in [6.45, 7) is 3.31. The van der Waals surface area contributed by atoms with E-state index in [9.17, 15) is 14.9 Å². The van der Waals surface area contributed by atoms with Crippen LogP contribution in [0, 0.1) is 10.1 Å². The van der Waals surface area contributed by atoms with Crippen molar-refractivity contribution in [3.8, 4) is 0 Å². The van der Waals surface area contributed by atoms with Crippen LogP contribution in [0.2, 0.25) is 0 Å². The third-order valence-corrected chi connectivity index (χ3v) is 5.11. The number of hydrogen-bond donors (Lipinski definition) is 0. The predicted octanol–water partition coefficient (Wildman–Crippen LogP) is 3.37. The number of benzene rings is 2. The van der Waals surface area contributed by atoms with Crippen LogP contribution in [0.5, 0.6) is 0 Å². The number of likely N-dealkylation sites (N-methyl/N-ethyl adjacent to an activating group) is 1. The first kappa shape index (κ1) is 16.3. The average Bonchev–Trinajstić information content (AvgIpc) is 2.56. The van der Waals surface area contributed by atoms with E-state index in [2.05, 4.69) is 32.2 Å². The molecule has 0 unspecified atom stereocenters. The molecule has 3 rings (SSSR count). The fourth-order valence-corrected chi connectivity index (χ4v) is 3.42. The number of quaternary nitrogens is 1. The van der Waals surface area contributed by atoms with Crippen molar-refractivity contribution in [2.75, 3.05) is 13.6 Å². The highest BCUT2D eigenvalue weighted by atomic mass is 16.6. The van der Waals surface area contributed by atoms with Crippen LogP contribution in [0.25, 0.3) is 0 Å². The predicted molar refractivity (Wildman–Crippen MR) is 91.8 cm³/mol. The highest BCUT2D eigenvalue weighted by molar-refractivity contribution is 5.97. The molecule has 0 aromatic heterocycles. The normalized spacial score (nSPS) is 22.7. The van der Waals surface area contributed by atoms with E-state index in [-0.39, 0.29) is 11.5 Å². The number of rotatable bonds is 4. The molecule has 24 heavy (non-hydrogen) atoms. The maximum Gasteiger partial charge on any atom is 0.270 e. The molecule has 2 aromatic rings. The molecule has 0 saturated carbocycles. The number of nitro groups is 1. The van der Waals surface area contributed by atoms with Gasteiger partial charge in [0.1, 0.15) is 13.1 Å². The number of fused-ring (bicyclic) bond motifs is 1. The van der Waals surface area contributed by atoms with E-state index >= 15 is 0 Å². The van der Waals surface area contributed by atoms with Crippen LogP contribution in [0.1, 0.15) is 28.4 Å². The second kappa shape index (κ2) is 6.17. The highest BCUT2D eigenvalue weighted by Gasteiger charge is 2.37. The summed E-state index contributed by atoms with van der Waals surface area (Å²) in [6, 6.07) is 14.7. The molecule has 5 nitrogen and oxygen atoms in total. The number of carbonyl (C=O) groups is 1. The lowest BCUT2D eigenvalue weighted by Crippen LogP contribution is -2.56. The molecule has 0 saturated heterocycles. The molecule has 0 bridgehead atoms. The largest absolute Gasteiger partial charge is 0.313 e. The van der Waals surface area contributed by atoms with Crippen LogP contribution >= 0.6 is 0 Å². The standard InChI is InChI=1S/C19H21N2O3/c1-14-10-15-6-3-4-7-17(15)12-21(14,2)13-19(22)16-8-5-9-18(11-16)20(23)24/h3-9,11,14H,10,12-13H2,1-2H3/q+1/t14-,21-/m0/s1. The summed E-state index contributed by atoms with van der Waals surface area (Å²) in [5.41, 5.74) is 3.00. The molecule has 0 amide bonds. The zero-order valence-electron chi connectivity index (χ0n) is 13.9. The number of nitro benzene ring substituents is 1. The summed E-state index contributed by atoms with van der Waals surface area (Å²) in [5.74, 6) is -0.0487. The summed E-state index contributed by atoms with van der Waals surface area (Å²) >= 11 is 0. The van der Waals surface area contributed by atoms with Gasteiger partial charge >= 0.3 is 0 Å². The SMILES string of the molecule is C[C@H]1Cc2ccccc2C[N@@+]1(C)CC(=O)c1cccc([N+](=O)[O-])c1. The quantitative estimate of drug-likeness (QED) is 0.375. The second-order valence-corrected chi connectivity index (χ2v) is 6.85. The van der Waals surface area contributed by atoms with Crippen LogP contribution in [-0.2, 0) is 13.0 Å². The summed E-state index contributed by atoms with van der Waals surface area (Å²) in [7, 11) is 2.09. The molecule has 0 spiro atoms. The Labute approximate surface area is 141 Å². The molecule has 0 N–H and O–H groups in total. The van der Waals surface area contributed by atoms with Crippen molar-refractivity contribution in [2.45, 2.75) is 25.9 Å². The third kappa shape index (κ3) is 3.08. The maximum atomic E-state index is 12.7. The first-order valence-electron chi connectivity index (χ1n) is 8.08. The molecule has 1 aliphatic rings. The number of nitrogens with zero attached hydrogens (tertiary/aromatic N) is 2. The van der Waals surface area contributed by atoms with E-state index in [0.717, 1.165) is 13.0 Å². The Balaban J connectivity index is 1.83. The molecule has 1 aliphatic heterocycles. The monoisotopic (exact) mass is 325 g/mol. The topological polar surface area (TPSA) is 60.2 Å². The van der Waals surface area contributed by atoms with Gasteiger partial charge in [0.05, 0.1) is 18.0 Å². The van der Waals surface area contributed by atoms with Crippen molar-refractivity contribution in [1.29, 1.82) is 0 Å². The molecule has 2 atom stereocenters. The molecule has 0 aliphatic carbocycles. The van der Waals surface area contributed by atoms with E-state index < -0.39 is 4.92 Å². The number of hydrogen-bond acceptors (Lipinski definition) is 3. The minimum atomic E-state index is -0.465. The van der Waals surface area contributed by atoms with Crippen LogP contribution in [0.4, 0.5) is 5.69 Å². The van der Waals surface area contributed by atoms with Gasteiger partial charge in [-0.25, -0.2) is 0 Å². The number of non-ortho nitro benzene ring substituents is 1. The van der Waals surface area contributed by atoms with Crippen molar-refractivity contribution >= 4 is 11.5 Å². The van der Waals surface area contributed by atoms with Crippen molar-refractivity contribution in [1.82, 2.24) is 0 Å². The number of Topliss-reactive ketones (excluding diaryl/α,β-unsaturated/α-hetero) is 1. The summed E-state index contributed by atoms with van der Waals surface area (Å²) in [6.07, 6.45) is 0.939. The first-order valence-corrected chi connectivity index (χ1v) is 8.08. The minimum absolute atomic E-state index is 0.0412. The summed E-state index contributed by atoms with van der Waals surface area (Å²) in [4.78, 5) is 23.2. The zero-order chi connectivity index (χ0) is 17.3. The lowest BCUT2D eigenvalue weighted by Gasteiger charge is -2.43. The average molecular weight is 325 g/mol. The van der Waals surface area contributed by atoms with Gasteiger partial charge in [0.25, 0.3) is 5.69 Å². The van der Waals surface area contributed by atoms with Gasteiger partial charge in [-0.2, -0.15) is 0 Å². The zero-order valence-corrected chi connectivity index (χ0v) is 13.9. The Morgan fingerprint density at radius 3 is 2.62 bits per heavy atom. The first-order chi connectivity index (χ1) is 11.4. The van der Waals surface area contributed by atoms with Gasteiger partial charge in [-0.15, -0.1) is 0 Å². The van der Waals surface area contributed by atoms with Crippen LogP contribution in [-0.4, -0.2) is 34.8 Å². The smallest absolute Gasteiger partial charge is 0.270 e. The molecular weight excluding hydrogens is 304 g/mol. The van der Waals surface area contributed by atoms with Crippen molar-refractivity contribution in [3.05, 3.63) is 75.3 Å². The number of carbonyl (C=O) groups excluding carboxylic acids is 1. The molecule has 0 fully saturated rings.